The quantitative estimate of drug-likeness (QED) is 0.200. The summed E-state index contributed by atoms with van der Waals surface area (Å²) >= 11 is 6.32. The lowest BCUT2D eigenvalue weighted by Gasteiger charge is -2.35. The highest BCUT2D eigenvalue weighted by atomic mass is 35.5. The van der Waals surface area contributed by atoms with E-state index in [4.69, 9.17) is 11.6 Å². The van der Waals surface area contributed by atoms with Crippen molar-refractivity contribution in [3.63, 3.8) is 0 Å². The number of rotatable bonds is 11. The Morgan fingerprint density at radius 1 is 0.867 bits per heavy atom. The van der Waals surface area contributed by atoms with E-state index in [9.17, 15) is 22.4 Å². The lowest BCUT2D eigenvalue weighted by atomic mass is 10.0. The van der Waals surface area contributed by atoms with E-state index in [1.54, 1.807) is 37.3 Å². The molecule has 4 rings (SSSR count). The SMILES string of the molecule is Cc1ccc(Cl)cc1N(CC(=O)N(Cc1ccc(F)cc1)[C@@H](Cc1ccccc1)C(=O)NC(C)(C)C)S(=O)(=O)c1ccccc1. The van der Waals surface area contributed by atoms with Gasteiger partial charge < -0.3 is 10.2 Å². The normalized spacial score (nSPS) is 12.3. The van der Waals surface area contributed by atoms with Crippen molar-refractivity contribution in [3.05, 3.63) is 131 Å². The van der Waals surface area contributed by atoms with Crippen LogP contribution in [0.2, 0.25) is 5.02 Å². The maximum Gasteiger partial charge on any atom is 0.264 e. The molecule has 0 unspecified atom stereocenters. The largest absolute Gasteiger partial charge is 0.350 e. The Labute approximate surface area is 269 Å². The van der Waals surface area contributed by atoms with Gasteiger partial charge in [-0.15, -0.1) is 0 Å². The van der Waals surface area contributed by atoms with Crippen LogP contribution in [0.25, 0.3) is 0 Å². The molecule has 4 aromatic rings. The fourth-order valence-electron chi connectivity index (χ4n) is 4.88. The second-order valence-corrected chi connectivity index (χ2v) is 14.1. The molecule has 7 nitrogen and oxygen atoms in total. The van der Waals surface area contributed by atoms with Gasteiger partial charge in [0.15, 0.2) is 0 Å². The Bertz CT molecular complexity index is 1730. The summed E-state index contributed by atoms with van der Waals surface area (Å²) in [6, 6.07) is 26.5. The average molecular weight is 650 g/mol. The topological polar surface area (TPSA) is 86.8 Å². The highest BCUT2D eigenvalue weighted by molar-refractivity contribution is 7.92. The van der Waals surface area contributed by atoms with E-state index < -0.39 is 45.8 Å². The highest BCUT2D eigenvalue weighted by Crippen LogP contribution is 2.30. The summed E-state index contributed by atoms with van der Waals surface area (Å²) in [5.41, 5.74) is 1.59. The summed E-state index contributed by atoms with van der Waals surface area (Å²) in [4.78, 5) is 29.8. The van der Waals surface area contributed by atoms with Crippen LogP contribution in [-0.4, -0.2) is 43.3 Å². The number of sulfonamides is 1. The van der Waals surface area contributed by atoms with Crippen molar-refractivity contribution in [3.8, 4) is 0 Å². The minimum atomic E-state index is -4.26. The van der Waals surface area contributed by atoms with Crippen LogP contribution in [0.3, 0.4) is 0 Å². The van der Waals surface area contributed by atoms with Crippen molar-refractivity contribution in [2.75, 3.05) is 10.8 Å². The first kappa shape index (κ1) is 33.7. The van der Waals surface area contributed by atoms with Crippen molar-refractivity contribution >= 4 is 39.1 Å². The Morgan fingerprint density at radius 3 is 2.07 bits per heavy atom. The summed E-state index contributed by atoms with van der Waals surface area (Å²) in [6.07, 6.45) is 0.164. The van der Waals surface area contributed by atoms with Crippen LogP contribution in [0.4, 0.5) is 10.1 Å². The van der Waals surface area contributed by atoms with E-state index in [1.807, 2.05) is 51.1 Å². The molecule has 0 aromatic heterocycles. The molecule has 4 aromatic carbocycles. The van der Waals surface area contributed by atoms with E-state index >= 15 is 0 Å². The molecular formula is C35H37ClFN3O4S. The number of aryl methyl sites for hydroxylation is 1. The van der Waals surface area contributed by atoms with Gasteiger partial charge in [-0.3, -0.25) is 13.9 Å². The molecule has 2 amide bonds. The average Bonchev–Trinajstić information content (AvgIpc) is 3.00. The summed E-state index contributed by atoms with van der Waals surface area (Å²) < 4.78 is 43.1. The molecule has 0 aliphatic rings. The first-order chi connectivity index (χ1) is 21.2. The predicted octanol–water partition coefficient (Wildman–Crippen LogP) is 6.54. The van der Waals surface area contributed by atoms with Gasteiger partial charge in [0, 0.05) is 23.5 Å². The molecule has 1 atom stereocenters. The first-order valence-corrected chi connectivity index (χ1v) is 16.3. The van der Waals surface area contributed by atoms with Gasteiger partial charge in [0.25, 0.3) is 10.0 Å². The number of anilines is 1. The second kappa shape index (κ2) is 14.3. The summed E-state index contributed by atoms with van der Waals surface area (Å²) in [5, 5.41) is 3.28. The third-order valence-corrected chi connectivity index (χ3v) is 9.09. The van der Waals surface area contributed by atoms with Crippen molar-refractivity contribution in [2.24, 2.45) is 0 Å². The second-order valence-electron chi connectivity index (χ2n) is 11.8. The van der Waals surface area contributed by atoms with Crippen LogP contribution < -0.4 is 9.62 Å². The molecule has 0 heterocycles. The maximum atomic E-state index is 14.5. The third kappa shape index (κ3) is 8.93. The lowest BCUT2D eigenvalue weighted by Crippen LogP contribution is -2.56. The van der Waals surface area contributed by atoms with Crippen molar-refractivity contribution in [1.29, 1.82) is 0 Å². The van der Waals surface area contributed by atoms with Crippen LogP contribution >= 0.6 is 11.6 Å². The number of halogens is 2. The van der Waals surface area contributed by atoms with Gasteiger partial charge in [0.05, 0.1) is 10.6 Å². The van der Waals surface area contributed by atoms with Gasteiger partial charge in [-0.05, 0) is 80.8 Å². The van der Waals surface area contributed by atoms with E-state index in [-0.39, 0.29) is 23.5 Å². The van der Waals surface area contributed by atoms with Crippen LogP contribution in [0, 0.1) is 12.7 Å². The standard InChI is InChI=1S/C35H37ClFN3O4S/c1-25-15-18-28(36)22-31(25)40(45(43,44)30-13-9-6-10-14-30)24-33(41)39(23-27-16-19-29(37)20-17-27)32(34(42)38-35(2,3)4)21-26-11-7-5-8-12-26/h5-20,22,32H,21,23-24H2,1-4H3,(H,38,42)/t32-/m0/s1. The van der Waals surface area contributed by atoms with E-state index in [2.05, 4.69) is 5.32 Å². The zero-order valence-corrected chi connectivity index (χ0v) is 27.3. The molecule has 0 radical (unpaired) electrons. The van der Waals surface area contributed by atoms with E-state index in [0.29, 0.717) is 16.1 Å². The number of carbonyl (C=O) groups is 2. The molecule has 0 fully saturated rings. The van der Waals surface area contributed by atoms with Gasteiger partial charge in [-0.25, -0.2) is 12.8 Å². The molecule has 1 N–H and O–H groups in total. The molecule has 10 heteroatoms. The van der Waals surface area contributed by atoms with Crippen molar-refractivity contribution in [1.82, 2.24) is 10.2 Å². The molecule has 0 bridgehead atoms. The number of hydrogen-bond donors (Lipinski definition) is 1. The molecule has 0 saturated carbocycles. The molecular weight excluding hydrogens is 613 g/mol. The van der Waals surface area contributed by atoms with Crippen LogP contribution in [0.5, 0.6) is 0 Å². The monoisotopic (exact) mass is 649 g/mol. The zero-order valence-electron chi connectivity index (χ0n) is 25.7. The maximum absolute atomic E-state index is 14.5. The van der Waals surface area contributed by atoms with Crippen LogP contribution in [0.15, 0.2) is 108 Å². The molecule has 0 saturated heterocycles. The Morgan fingerprint density at radius 2 is 1.47 bits per heavy atom. The van der Waals surface area contributed by atoms with Gasteiger partial charge >= 0.3 is 0 Å². The number of hydrogen-bond acceptors (Lipinski definition) is 4. The molecule has 236 valence electrons. The van der Waals surface area contributed by atoms with Gasteiger partial charge in [0.1, 0.15) is 18.4 Å². The van der Waals surface area contributed by atoms with E-state index in [1.165, 1.54) is 47.4 Å². The molecule has 0 aliphatic heterocycles. The molecule has 45 heavy (non-hydrogen) atoms. The van der Waals surface area contributed by atoms with Gasteiger partial charge in [-0.1, -0.05) is 78.3 Å². The minimum Gasteiger partial charge on any atom is -0.350 e. The summed E-state index contributed by atoms with van der Waals surface area (Å²) in [5.74, 6) is -1.47. The molecule has 0 spiro atoms. The Balaban J connectivity index is 1.84. The third-order valence-electron chi connectivity index (χ3n) is 7.09. The fourth-order valence-corrected chi connectivity index (χ4v) is 6.54. The van der Waals surface area contributed by atoms with E-state index in [0.717, 1.165) is 9.87 Å². The van der Waals surface area contributed by atoms with Crippen LogP contribution in [-0.2, 0) is 32.6 Å². The smallest absolute Gasteiger partial charge is 0.264 e. The van der Waals surface area contributed by atoms with Crippen molar-refractivity contribution < 1.29 is 22.4 Å². The highest BCUT2D eigenvalue weighted by Gasteiger charge is 2.36. The Hall–Kier alpha value is -4.21. The fraction of sp³-hybridized carbons (Fsp3) is 0.257. The van der Waals surface area contributed by atoms with Gasteiger partial charge in [-0.2, -0.15) is 0 Å². The van der Waals surface area contributed by atoms with Gasteiger partial charge in [0.2, 0.25) is 11.8 Å². The number of amides is 2. The van der Waals surface area contributed by atoms with Crippen molar-refractivity contribution in [2.45, 2.75) is 57.1 Å². The molecule has 0 aliphatic carbocycles. The predicted molar refractivity (Wildman–Crippen MR) is 176 cm³/mol. The number of nitrogens with zero attached hydrogens (tertiary/aromatic N) is 2. The number of benzene rings is 4. The summed E-state index contributed by atoms with van der Waals surface area (Å²) in [6.45, 7) is 6.57. The summed E-state index contributed by atoms with van der Waals surface area (Å²) in [7, 11) is -4.26. The first-order valence-electron chi connectivity index (χ1n) is 14.5. The Kier molecular flexibility index (Phi) is 10.7. The number of nitrogens with one attached hydrogen (secondary N) is 1. The number of carbonyl (C=O) groups excluding carboxylic acids is 2. The van der Waals surface area contributed by atoms with Crippen LogP contribution in [0.1, 0.15) is 37.5 Å². The lowest BCUT2D eigenvalue weighted by molar-refractivity contribution is -0.140. The minimum absolute atomic E-state index is 0.00595. The zero-order chi connectivity index (χ0) is 32.8.